The van der Waals surface area contributed by atoms with E-state index in [1.807, 2.05) is 65.5 Å². The third kappa shape index (κ3) is 4.96. The van der Waals surface area contributed by atoms with Crippen molar-refractivity contribution in [3.63, 3.8) is 0 Å². The molecule has 3 rings (SSSR count). The summed E-state index contributed by atoms with van der Waals surface area (Å²) in [7, 11) is 0. The van der Waals surface area contributed by atoms with Gasteiger partial charge >= 0.3 is 0 Å². The van der Waals surface area contributed by atoms with Crippen LogP contribution in [0.3, 0.4) is 0 Å². The quantitative estimate of drug-likeness (QED) is 0.699. The molecular weight excluding hydrogens is 326 g/mol. The molecule has 2 aromatic carbocycles. The number of anilines is 1. The van der Waals surface area contributed by atoms with E-state index in [0.717, 1.165) is 11.3 Å². The van der Waals surface area contributed by atoms with E-state index >= 15 is 0 Å². The fraction of sp³-hybridized carbons (Fsp3) is 0.238. The fourth-order valence-electron chi connectivity index (χ4n) is 2.62. The number of hydrogen-bond acceptors (Lipinski definition) is 3. The standard InChI is InChI=1S/C21H23N3O2/c1-16(2)18-7-9-20(10-8-18)26-15-21(25)23-19-6-3-5-17(13-19)14-24-12-4-11-22-24/h3-13,16H,14-15H2,1-2H3,(H,23,25). The van der Waals surface area contributed by atoms with Gasteiger partial charge in [-0.1, -0.05) is 38.1 Å². The number of benzene rings is 2. The minimum atomic E-state index is -0.186. The average molecular weight is 349 g/mol. The van der Waals surface area contributed by atoms with Crippen molar-refractivity contribution in [3.8, 4) is 5.75 Å². The van der Waals surface area contributed by atoms with E-state index in [1.165, 1.54) is 5.56 Å². The van der Waals surface area contributed by atoms with Gasteiger partial charge in [-0.2, -0.15) is 5.10 Å². The van der Waals surface area contributed by atoms with Crippen LogP contribution >= 0.6 is 0 Å². The average Bonchev–Trinajstić information content (AvgIpc) is 3.13. The normalized spacial score (nSPS) is 10.7. The molecule has 5 nitrogen and oxygen atoms in total. The molecule has 26 heavy (non-hydrogen) atoms. The summed E-state index contributed by atoms with van der Waals surface area (Å²) in [4.78, 5) is 12.1. The number of aromatic nitrogens is 2. The van der Waals surface area contributed by atoms with Gasteiger partial charge in [-0.05, 0) is 47.4 Å². The van der Waals surface area contributed by atoms with Gasteiger partial charge in [-0.15, -0.1) is 0 Å². The molecule has 0 atom stereocenters. The number of nitrogens with zero attached hydrogens (tertiary/aromatic N) is 2. The Bertz CT molecular complexity index is 840. The molecule has 0 bridgehead atoms. The van der Waals surface area contributed by atoms with Gasteiger partial charge in [0.2, 0.25) is 0 Å². The predicted molar refractivity (Wildman–Crippen MR) is 102 cm³/mol. The first-order valence-corrected chi connectivity index (χ1v) is 8.69. The van der Waals surface area contributed by atoms with Gasteiger partial charge in [-0.25, -0.2) is 0 Å². The molecule has 5 heteroatoms. The van der Waals surface area contributed by atoms with Crippen molar-refractivity contribution in [1.29, 1.82) is 0 Å². The lowest BCUT2D eigenvalue weighted by Gasteiger charge is -2.10. The maximum atomic E-state index is 12.1. The van der Waals surface area contributed by atoms with E-state index in [-0.39, 0.29) is 12.5 Å². The van der Waals surface area contributed by atoms with Crippen LogP contribution in [0.25, 0.3) is 0 Å². The van der Waals surface area contributed by atoms with Crippen LogP contribution in [-0.2, 0) is 11.3 Å². The summed E-state index contributed by atoms with van der Waals surface area (Å²) in [5.74, 6) is 0.979. The van der Waals surface area contributed by atoms with Crippen molar-refractivity contribution in [2.45, 2.75) is 26.3 Å². The largest absolute Gasteiger partial charge is 0.484 e. The Labute approximate surface area is 153 Å². The van der Waals surface area contributed by atoms with Gasteiger partial charge in [-0.3, -0.25) is 9.48 Å². The number of nitrogens with one attached hydrogen (secondary N) is 1. The highest BCUT2D eigenvalue weighted by atomic mass is 16.5. The van der Waals surface area contributed by atoms with Gasteiger partial charge in [0.15, 0.2) is 6.61 Å². The summed E-state index contributed by atoms with van der Waals surface area (Å²) in [6.07, 6.45) is 3.65. The van der Waals surface area contributed by atoms with Crippen LogP contribution in [0.5, 0.6) is 5.75 Å². The third-order valence-electron chi connectivity index (χ3n) is 4.03. The molecule has 3 aromatic rings. The Hall–Kier alpha value is -3.08. The second-order valence-corrected chi connectivity index (χ2v) is 6.46. The Morgan fingerprint density at radius 3 is 2.65 bits per heavy atom. The van der Waals surface area contributed by atoms with Gasteiger partial charge in [0.25, 0.3) is 5.91 Å². The number of carbonyl (C=O) groups excluding carboxylic acids is 1. The lowest BCUT2D eigenvalue weighted by molar-refractivity contribution is -0.118. The molecule has 0 aliphatic rings. The van der Waals surface area contributed by atoms with Gasteiger partial charge in [0.1, 0.15) is 5.75 Å². The van der Waals surface area contributed by atoms with Crippen LogP contribution < -0.4 is 10.1 Å². The monoisotopic (exact) mass is 349 g/mol. The maximum absolute atomic E-state index is 12.1. The molecule has 1 amide bonds. The molecule has 0 unspecified atom stereocenters. The first-order valence-electron chi connectivity index (χ1n) is 8.69. The van der Waals surface area contributed by atoms with Gasteiger partial charge in [0.05, 0.1) is 6.54 Å². The first-order chi connectivity index (χ1) is 12.6. The molecule has 0 saturated heterocycles. The number of carbonyl (C=O) groups is 1. The van der Waals surface area contributed by atoms with Crippen molar-refractivity contribution in [1.82, 2.24) is 9.78 Å². The fourth-order valence-corrected chi connectivity index (χ4v) is 2.62. The van der Waals surface area contributed by atoms with Crippen molar-refractivity contribution in [2.75, 3.05) is 11.9 Å². The summed E-state index contributed by atoms with van der Waals surface area (Å²) in [6.45, 7) is 4.92. The summed E-state index contributed by atoms with van der Waals surface area (Å²) in [5.41, 5.74) is 3.06. The van der Waals surface area contributed by atoms with Gasteiger partial charge < -0.3 is 10.1 Å². The number of amides is 1. The smallest absolute Gasteiger partial charge is 0.262 e. The number of ether oxygens (including phenoxy) is 1. The van der Waals surface area contributed by atoms with Crippen molar-refractivity contribution in [3.05, 3.63) is 78.1 Å². The number of rotatable bonds is 7. The highest BCUT2D eigenvalue weighted by Gasteiger charge is 2.06. The SMILES string of the molecule is CC(C)c1ccc(OCC(=O)Nc2cccc(Cn3cccn3)c2)cc1. The molecule has 0 radical (unpaired) electrons. The zero-order chi connectivity index (χ0) is 18.4. The third-order valence-corrected chi connectivity index (χ3v) is 4.03. The lowest BCUT2D eigenvalue weighted by Crippen LogP contribution is -2.20. The zero-order valence-electron chi connectivity index (χ0n) is 15.1. The Morgan fingerprint density at radius 1 is 1.15 bits per heavy atom. The molecule has 0 spiro atoms. The van der Waals surface area contributed by atoms with E-state index in [0.29, 0.717) is 18.2 Å². The van der Waals surface area contributed by atoms with Crippen LogP contribution in [0.4, 0.5) is 5.69 Å². The molecular formula is C21H23N3O2. The van der Waals surface area contributed by atoms with E-state index in [9.17, 15) is 4.79 Å². The van der Waals surface area contributed by atoms with E-state index in [2.05, 4.69) is 24.3 Å². The molecule has 134 valence electrons. The van der Waals surface area contributed by atoms with Crippen LogP contribution in [0.1, 0.15) is 30.9 Å². The predicted octanol–water partition coefficient (Wildman–Crippen LogP) is 4.07. The van der Waals surface area contributed by atoms with Crippen LogP contribution in [0.2, 0.25) is 0 Å². The Kier molecular flexibility index (Phi) is 5.69. The minimum Gasteiger partial charge on any atom is -0.484 e. The molecule has 0 fully saturated rings. The van der Waals surface area contributed by atoms with E-state index in [1.54, 1.807) is 6.20 Å². The van der Waals surface area contributed by atoms with Crippen LogP contribution in [0, 0.1) is 0 Å². The summed E-state index contributed by atoms with van der Waals surface area (Å²) < 4.78 is 7.40. The van der Waals surface area contributed by atoms with E-state index in [4.69, 9.17) is 4.74 Å². The van der Waals surface area contributed by atoms with Crippen molar-refractivity contribution < 1.29 is 9.53 Å². The second-order valence-electron chi connectivity index (χ2n) is 6.46. The Morgan fingerprint density at radius 2 is 1.96 bits per heavy atom. The van der Waals surface area contributed by atoms with Crippen molar-refractivity contribution in [2.24, 2.45) is 0 Å². The second kappa shape index (κ2) is 8.34. The van der Waals surface area contributed by atoms with E-state index < -0.39 is 0 Å². The highest BCUT2D eigenvalue weighted by Crippen LogP contribution is 2.18. The van der Waals surface area contributed by atoms with Crippen LogP contribution in [0.15, 0.2) is 67.0 Å². The maximum Gasteiger partial charge on any atom is 0.262 e. The minimum absolute atomic E-state index is 0.0234. The molecule has 0 aliphatic heterocycles. The summed E-state index contributed by atoms with van der Waals surface area (Å²) in [6, 6.07) is 17.5. The van der Waals surface area contributed by atoms with Crippen molar-refractivity contribution >= 4 is 11.6 Å². The highest BCUT2D eigenvalue weighted by molar-refractivity contribution is 5.91. The number of hydrogen-bond donors (Lipinski definition) is 1. The van der Waals surface area contributed by atoms with Gasteiger partial charge in [0, 0.05) is 18.1 Å². The lowest BCUT2D eigenvalue weighted by atomic mass is 10.0. The molecule has 1 heterocycles. The molecule has 0 saturated carbocycles. The Balaban J connectivity index is 1.53. The molecule has 0 aliphatic carbocycles. The molecule has 1 aromatic heterocycles. The summed E-state index contributed by atoms with van der Waals surface area (Å²) in [5, 5.41) is 7.06. The van der Waals surface area contributed by atoms with Crippen LogP contribution in [-0.4, -0.2) is 22.3 Å². The summed E-state index contributed by atoms with van der Waals surface area (Å²) >= 11 is 0. The zero-order valence-corrected chi connectivity index (χ0v) is 15.1. The molecule has 1 N–H and O–H groups in total. The topological polar surface area (TPSA) is 56.1 Å². The first kappa shape index (κ1) is 17.7.